The van der Waals surface area contributed by atoms with Gasteiger partial charge in [-0.3, -0.25) is 14.3 Å². The van der Waals surface area contributed by atoms with Crippen LogP contribution in [0.3, 0.4) is 0 Å². The number of halogens is 2. The Bertz CT molecular complexity index is 721. The molecule has 0 atom stereocenters. The molecule has 0 aliphatic carbocycles. The summed E-state index contributed by atoms with van der Waals surface area (Å²) in [6.07, 6.45) is 1.94. The molecule has 19 heavy (non-hydrogen) atoms. The third-order valence-corrected chi connectivity index (χ3v) is 3.13. The summed E-state index contributed by atoms with van der Waals surface area (Å²) < 4.78 is 15.0. The number of benzene rings is 1. The maximum atomic E-state index is 13.8. The largest absolute Gasteiger partial charge is 0.328 e. The zero-order valence-corrected chi connectivity index (χ0v) is 11.0. The second-order valence-corrected chi connectivity index (χ2v) is 4.52. The molecule has 2 aromatic rings. The standard InChI is InChI=1S/C13H12ClFN2O2/c1-2-8-6-17(13(19)16-12(8)18)7-9-4-3-5-10(14)11(9)15/h3-6H,2,7H2,1H3,(H,16,18,19). The molecule has 2 rings (SSSR count). The lowest BCUT2D eigenvalue weighted by molar-refractivity contribution is 0.592. The van der Waals surface area contributed by atoms with E-state index < -0.39 is 17.1 Å². The predicted molar refractivity (Wildman–Crippen MR) is 71.2 cm³/mol. The number of hydrogen-bond donors (Lipinski definition) is 1. The van der Waals surface area contributed by atoms with Gasteiger partial charge in [0, 0.05) is 17.3 Å². The fourth-order valence-corrected chi connectivity index (χ4v) is 1.97. The van der Waals surface area contributed by atoms with Gasteiger partial charge in [0.05, 0.1) is 11.6 Å². The molecule has 100 valence electrons. The molecular weight excluding hydrogens is 271 g/mol. The second-order valence-electron chi connectivity index (χ2n) is 4.11. The minimum absolute atomic E-state index is 0.00527. The third-order valence-electron chi connectivity index (χ3n) is 2.84. The quantitative estimate of drug-likeness (QED) is 0.935. The summed E-state index contributed by atoms with van der Waals surface area (Å²) in [5.41, 5.74) is -0.206. The van der Waals surface area contributed by atoms with Crippen LogP contribution in [0.1, 0.15) is 18.1 Å². The monoisotopic (exact) mass is 282 g/mol. The van der Waals surface area contributed by atoms with E-state index in [0.29, 0.717) is 17.5 Å². The molecule has 0 saturated heterocycles. The third kappa shape index (κ3) is 2.76. The number of aromatic amines is 1. The van der Waals surface area contributed by atoms with Crippen LogP contribution in [0.2, 0.25) is 5.02 Å². The van der Waals surface area contributed by atoms with Crippen LogP contribution in [0.15, 0.2) is 34.0 Å². The van der Waals surface area contributed by atoms with Gasteiger partial charge in [-0.15, -0.1) is 0 Å². The van der Waals surface area contributed by atoms with E-state index in [-0.39, 0.29) is 11.6 Å². The molecule has 0 bridgehead atoms. The Morgan fingerprint density at radius 3 is 2.74 bits per heavy atom. The van der Waals surface area contributed by atoms with Crippen molar-refractivity contribution in [1.29, 1.82) is 0 Å². The second kappa shape index (κ2) is 5.40. The SMILES string of the molecule is CCc1cn(Cc2cccc(Cl)c2F)c(=O)[nH]c1=O. The van der Waals surface area contributed by atoms with Gasteiger partial charge in [-0.2, -0.15) is 0 Å². The molecule has 0 aliphatic rings. The summed E-state index contributed by atoms with van der Waals surface area (Å²) in [5.74, 6) is -0.555. The molecule has 0 saturated carbocycles. The molecule has 0 fully saturated rings. The van der Waals surface area contributed by atoms with E-state index in [1.54, 1.807) is 19.1 Å². The van der Waals surface area contributed by atoms with E-state index in [2.05, 4.69) is 4.98 Å². The van der Waals surface area contributed by atoms with Gasteiger partial charge in [0.1, 0.15) is 5.82 Å². The molecular formula is C13H12ClFN2O2. The van der Waals surface area contributed by atoms with Crippen molar-refractivity contribution >= 4 is 11.6 Å². The van der Waals surface area contributed by atoms with Crippen molar-refractivity contribution in [3.8, 4) is 0 Å². The van der Waals surface area contributed by atoms with E-state index in [0.717, 1.165) is 0 Å². The van der Waals surface area contributed by atoms with Crippen LogP contribution in [0.5, 0.6) is 0 Å². The van der Waals surface area contributed by atoms with Gasteiger partial charge in [0.15, 0.2) is 0 Å². The van der Waals surface area contributed by atoms with Gasteiger partial charge in [0.25, 0.3) is 5.56 Å². The van der Waals surface area contributed by atoms with Gasteiger partial charge >= 0.3 is 5.69 Å². The minimum Gasteiger partial charge on any atom is -0.296 e. The van der Waals surface area contributed by atoms with Crippen LogP contribution in [0.25, 0.3) is 0 Å². The Balaban J connectivity index is 2.47. The maximum absolute atomic E-state index is 13.8. The van der Waals surface area contributed by atoms with Gasteiger partial charge in [0.2, 0.25) is 0 Å². The van der Waals surface area contributed by atoms with Crippen LogP contribution in [-0.4, -0.2) is 9.55 Å². The van der Waals surface area contributed by atoms with Crippen LogP contribution >= 0.6 is 11.6 Å². The number of aromatic nitrogens is 2. The fourth-order valence-electron chi connectivity index (χ4n) is 1.78. The molecule has 0 spiro atoms. The average molecular weight is 283 g/mol. The van der Waals surface area contributed by atoms with E-state index in [4.69, 9.17) is 11.6 Å². The van der Waals surface area contributed by atoms with Gasteiger partial charge < -0.3 is 0 Å². The predicted octanol–water partition coefficient (Wildman–Crippen LogP) is 1.94. The molecule has 1 heterocycles. The highest BCUT2D eigenvalue weighted by Crippen LogP contribution is 2.18. The summed E-state index contributed by atoms with van der Waals surface area (Å²) >= 11 is 5.68. The molecule has 0 radical (unpaired) electrons. The summed E-state index contributed by atoms with van der Waals surface area (Å²) in [7, 11) is 0. The number of aryl methyl sites for hydroxylation is 1. The van der Waals surface area contributed by atoms with Gasteiger partial charge in [-0.05, 0) is 12.5 Å². The lowest BCUT2D eigenvalue weighted by Crippen LogP contribution is -2.32. The van der Waals surface area contributed by atoms with Crippen LogP contribution in [0, 0.1) is 5.82 Å². The minimum atomic E-state index is -0.568. The molecule has 1 N–H and O–H groups in total. The number of rotatable bonds is 3. The first kappa shape index (κ1) is 13.5. The lowest BCUT2D eigenvalue weighted by Gasteiger charge is -2.08. The average Bonchev–Trinajstić information content (AvgIpc) is 2.38. The Kier molecular flexibility index (Phi) is 3.85. The van der Waals surface area contributed by atoms with Crippen LogP contribution in [-0.2, 0) is 13.0 Å². The number of hydrogen-bond acceptors (Lipinski definition) is 2. The van der Waals surface area contributed by atoms with Crippen molar-refractivity contribution in [3.63, 3.8) is 0 Å². The van der Waals surface area contributed by atoms with Gasteiger partial charge in [-0.25, -0.2) is 9.18 Å². The summed E-state index contributed by atoms with van der Waals surface area (Å²) in [4.78, 5) is 25.3. The van der Waals surface area contributed by atoms with Crippen molar-refractivity contribution in [1.82, 2.24) is 9.55 Å². The molecule has 4 nitrogen and oxygen atoms in total. The first-order valence-electron chi connectivity index (χ1n) is 5.78. The zero-order chi connectivity index (χ0) is 14.0. The maximum Gasteiger partial charge on any atom is 0.328 e. The van der Waals surface area contributed by atoms with Crippen molar-refractivity contribution in [2.45, 2.75) is 19.9 Å². The Morgan fingerprint density at radius 2 is 2.05 bits per heavy atom. The first-order valence-corrected chi connectivity index (χ1v) is 6.16. The fraction of sp³-hybridized carbons (Fsp3) is 0.231. The summed E-state index contributed by atoms with van der Waals surface area (Å²) in [5, 5.41) is 0.00527. The Labute approximate surface area is 113 Å². The Hall–Kier alpha value is -1.88. The molecule has 0 aliphatic heterocycles. The Morgan fingerprint density at radius 1 is 1.32 bits per heavy atom. The number of nitrogens with one attached hydrogen (secondary N) is 1. The molecule has 1 aromatic heterocycles. The molecule has 1 aromatic carbocycles. The lowest BCUT2D eigenvalue weighted by atomic mass is 10.2. The first-order chi connectivity index (χ1) is 9.02. The van der Waals surface area contributed by atoms with E-state index >= 15 is 0 Å². The number of H-pyrrole nitrogens is 1. The smallest absolute Gasteiger partial charge is 0.296 e. The topological polar surface area (TPSA) is 54.9 Å². The van der Waals surface area contributed by atoms with Crippen molar-refractivity contribution in [2.75, 3.05) is 0 Å². The van der Waals surface area contributed by atoms with Crippen molar-refractivity contribution in [3.05, 3.63) is 67.2 Å². The van der Waals surface area contributed by atoms with E-state index in [9.17, 15) is 14.0 Å². The van der Waals surface area contributed by atoms with Crippen molar-refractivity contribution < 1.29 is 4.39 Å². The number of nitrogens with zero attached hydrogens (tertiary/aromatic N) is 1. The van der Waals surface area contributed by atoms with Crippen LogP contribution < -0.4 is 11.2 Å². The van der Waals surface area contributed by atoms with E-state index in [1.165, 1.54) is 16.8 Å². The molecule has 0 unspecified atom stereocenters. The highest BCUT2D eigenvalue weighted by molar-refractivity contribution is 6.30. The zero-order valence-electron chi connectivity index (χ0n) is 10.2. The normalized spacial score (nSPS) is 10.7. The van der Waals surface area contributed by atoms with E-state index in [1.807, 2.05) is 0 Å². The van der Waals surface area contributed by atoms with Crippen molar-refractivity contribution in [2.24, 2.45) is 0 Å². The van der Waals surface area contributed by atoms with Crippen LogP contribution in [0.4, 0.5) is 4.39 Å². The summed E-state index contributed by atoms with van der Waals surface area (Å²) in [6.45, 7) is 1.83. The summed E-state index contributed by atoms with van der Waals surface area (Å²) in [6, 6.07) is 4.59. The molecule has 6 heteroatoms. The highest BCUT2D eigenvalue weighted by atomic mass is 35.5. The highest BCUT2D eigenvalue weighted by Gasteiger charge is 2.09. The molecule has 0 amide bonds. The van der Waals surface area contributed by atoms with Gasteiger partial charge in [-0.1, -0.05) is 30.7 Å².